The number of imidazole rings is 2. The average molecular weight is 792 g/mol. The van der Waals surface area contributed by atoms with Gasteiger partial charge in [0.2, 0.25) is 11.8 Å². The number of hydrogen-bond donors (Lipinski definition) is 3. The summed E-state index contributed by atoms with van der Waals surface area (Å²) in [6.45, 7) is 9.41. The van der Waals surface area contributed by atoms with Crippen LogP contribution in [0.5, 0.6) is 0 Å². The Balaban J connectivity index is 0.944. The Hall–Kier alpha value is -6.23. The number of rotatable bonds is 11. The predicted molar refractivity (Wildman–Crippen MR) is 230 cm³/mol. The number of benzene rings is 4. The zero-order valence-electron chi connectivity index (χ0n) is 34.4. The van der Waals surface area contributed by atoms with Gasteiger partial charge in [0, 0.05) is 18.7 Å². The Labute approximate surface area is 345 Å². The maximum Gasteiger partial charge on any atom is 0.407 e. The highest BCUT2D eigenvalue weighted by atomic mass is 16.5. The lowest BCUT2D eigenvalue weighted by molar-refractivity contribution is -0.136. The Bertz CT molecular complexity index is 2440. The Morgan fingerprint density at radius 1 is 0.661 bits per heavy atom. The molecule has 0 saturated carbocycles. The van der Waals surface area contributed by atoms with E-state index < -0.39 is 12.1 Å². The summed E-state index contributed by atoms with van der Waals surface area (Å²) in [6, 6.07) is 30.6. The fourth-order valence-electron chi connectivity index (χ4n) is 8.90. The highest BCUT2D eigenvalue weighted by Crippen LogP contribution is 2.38. The number of amides is 3. The first-order chi connectivity index (χ1) is 28.6. The van der Waals surface area contributed by atoms with Crippen molar-refractivity contribution in [3.63, 3.8) is 0 Å². The summed E-state index contributed by atoms with van der Waals surface area (Å²) in [4.78, 5) is 60.0. The van der Waals surface area contributed by atoms with E-state index in [-0.39, 0.29) is 41.7 Å². The molecule has 11 heteroatoms. The zero-order chi connectivity index (χ0) is 41.2. The number of carbonyl (C=O) groups excluding carboxylic acids is 3. The van der Waals surface area contributed by atoms with Crippen LogP contribution in [0.1, 0.15) is 88.6 Å². The number of nitrogens with zero attached hydrogens (tertiary/aromatic N) is 4. The van der Waals surface area contributed by atoms with E-state index in [1.807, 2.05) is 54.2 Å². The molecular formula is C48H53N7O4. The molecule has 0 bridgehead atoms. The van der Waals surface area contributed by atoms with Gasteiger partial charge < -0.3 is 29.8 Å². The number of nitrogens with one attached hydrogen (secondary N) is 3. The average Bonchev–Trinajstić information content (AvgIpc) is 4.09. The van der Waals surface area contributed by atoms with Crippen LogP contribution in [0.3, 0.4) is 0 Å². The first-order valence-corrected chi connectivity index (χ1v) is 20.8. The molecule has 0 spiro atoms. The van der Waals surface area contributed by atoms with Crippen LogP contribution in [0.15, 0.2) is 103 Å². The van der Waals surface area contributed by atoms with Crippen LogP contribution < -0.4 is 5.32 Å². The van der Waals surface area contributed by atoms with Crippen molar-refractivity contribution in [2.45, 2.75) is 77.4 Å². The second-order valence-corrected chi connectivity index (χ2v) is 16.6. The lowest BCUT2D eigenvalue weighted by atomic mass is 9.87. The van der Waals surface area contributed by atoms with Crippen molar-refractivity contribution >= 4 is 28.7 Å². The molecule has 8 rings (SSSR count). The number of aromatic amines is 2. The molecule has 3 amide bonds. The Morgan fingerprint density at radius 3 is 1.76 bits per heavy atom. The van der Waals surface area contributed by atoms with Gasteiger partial charge in [-0.3, -0.25) is 9.59 Å². The predicted octanol–water partition coefficient (Wildman–Crippen LogP) is 9.43. The second kappa shape index (κ2) is 16.9. The minimum atomic E-state index is -0.679. The van der Waals surface area contributed by atoms with Crippen molar-refractivity contribution in [3.8, 4) is 33.6 Å². The van der Waals surface area contributed by atoms with E-state index in [9.17, 15) is 14.4 Å². The van der Waals surface area contributed by atoms with Gasteiger partial charge in [-0.1, -0.05) is 107 Å². The summed E-state index contributed by atoms with van der Waals surface area (Å²) >= 11 is 0. The first kappa shape index (κ1) is 39.6. The highest BCUT2D eigenvalue weighted by Gasteiger charge is 2.39. The molecule has 0 radical (unpaired) electrons. The van der Waals surface area contributed by atoms with E-state index >= 15 is 0 Å². The molecule has 4 atom stereocenters. The molecule has 0 aliphatic carbocycles. The van der Waals surface area contributed by atoms with Gasteiger partial charge in [0.1, 0.15) is 17.7 Å². The first-order valence-electron chi connectivity index (χ1n) is 20.8. The van der Waals surface area contributed by atoms with Crippen LogP contribution in [0.4, 0.5) is 4.79 Å². The monoisotopic (exact) mass is 791 g/mol. The van der Waals surface area contributed by atoms with Crippen LogP contribution in [0, 0.1) is 11.8 Å². The molecule has 2 aliphatic heterocycles. The largest absolute Gasteiger partial charge is 0.453 e. The van der Waals surface area contributed by atoms with Crippen LogP contribution in [0.2, 0.25) is 0 Å². The van der Waals surface area contributed by atoms with Crippen LogP contribution in [-0.4, -0.2) is 73.9 Å². The van der Waals surface area contributed by atoms with Gasteiger partial charge in [0.05, 0.1) is 48.9 Å². The summed E-state index contributed by atoms with van der Waals surface area (Å²) in [6.07, 6.45) is 6.60. The summed E-state index contributed by atoms with van der Waals surface area (Å²) in [5.41, 5.74) is 7.17. The molecule has 6 aromatic rings. The molecule has 3 N–H and O–H groups in total. The number of ether oxygens (including phenoxy) is 1. The maximum atomic E-state index is 14.0. The van der Waals surface area contributed by atoms with Crippen molar-refractivity contribution in [2.75, 3.05) is 20.2 Å². The lowest BCUT2D eigenvalue weighted by Gasteiger charge is -2.30. The number of hydrogen-bond acceptors (Lipinski definition) is 6. The maximum absolute atomic E-state index is 14.0. The van der Waals surface area contributed by atoms with Gasteiger partial charge in [-0.2, -0.15) is 0 Å². The van der Waals surface area contributed by atoms with Crippen molar-refractivity contribution in [3.05, 3.63) is 121 Å². The van der Waals surface area contributed by atoms with E-state index in [2.05, 4.69) is 102 Å². The van der Waals surface area contributed by atoms with Crippen molar-refractivity contribution in [1.29, 1.82) is 0 Å². The lowest BCUT2D eigenvalue weighted by Crippen LogP contribution is -2.51. The molecule has 2 aromatic heterocycles. The van der Waals surface area contributed by atoms with Gasteiger partial charge in [-0.25, -0.2) is 14.8 Å². The van der Waals surface area contributed by atoms with Crippen molar-refractivity contribution in [2.24, 2.45) is 11.8 Å². The Morgan fingerprint density at radius 2 is 1.19 bits per heavy atom. The minimum Gasteiger partial charge on any atom is -0.453 e. The van der Waals surface area contributed by atoms with E-state index in [4.69, 9.17) is 14.7 Å². The fourth-order valence-corrected chi connectivity index (χ4v) is 8.90. The van der Waals surface area contributed by atoms with Crippen LogP contribution in [-0.2, 0) is 14.3 Å². The summed E-state index contributed by atoms with van der Waals surface area (Å²) < 4.78 is 4.78. The van der Waals surface area contributed by atoms with E-state index in [1.165, 1.54) is 7.11 Å². The standard InChI is InChI=1S/C48H53N7O4/c1-29(2)42(33-11-7-6-8-12-33)46(56)54-23-9-13-40(54)44-49-27-38(51-44)32-17-15-31(16-18-32)34-19-20-36-26-37(22-21-35(36)25-34)39-28-50-45(52-39)41-14-10-24-55(41)47(57)43(30(3)4)53-48(58)59-5/h6-8,11-12,15-22,25-30,40-43H,9-10,13-14,23-24H2,1-5H3,(H,49,51)(H,50,52)(H,53,58)/t40-,41-,42-,43?/m0/s1. The number of methoxy groups -OCH3 is 1. The molecule has 1 unspecified atom stereocenters. The van der Waals surface area contributed by atoms with Crippen molar-refractivity contribution < 1.29 is 19.1 Å². The van der Waals surface area contributed by atoms with Gasteiger partial charge >= 0.3 is 6.09 Å². The summed E-state index contributed by atoms with van der Waals surface area (Å²) in [7, 11) is 1.30. The van der Waals surface area contributed by atoms with Crippen molar-refractivity contribution in [1.82, 2.24) is 35.1 Å². The third-order valence-corrected chi connectivity index (χ3v) is 12.1. The smallest absolute Gasteiger partial charge is 0.407 e. The quantitative estimate of drug-likeness (QED) is 0.120. The topological polar surface area (TPSA) is 136 Å². The zero-order valence-corrected chi connectivity index (χ0v) is 34.4. The number of aromatic nitrogens is 4. The third kappa shape index (κ3) is 8.11. The molecular weight excluding hydrogens is 739 g/mol. The molecule has 2 aliphatic rings. The SMILES string of the molecule is COC(=O)NC(C(=O)N1CCC[C@H]1c1ncc(-c2ccc3cc(-c4ccc(-c5cnc([C@@H]6CCCN6C(=O)[C@H](c6ccccc6)C(C)C)[nH]5)cc4)ccc3c2)[nH]1)C(C)C. The molecule has 304 valence electrons. The van der Waals surface area contributed by atoms with Gasteiger partial charge in [-0.15, -0.1) is 0 Å². The van der Waals surface area contributed by atoms with Crippen LogP contribution in [0.25, 0.3) is 44.4 Å². The summed E-state index contributed by atoms with van der Waals surface area (Å²) in [5, 5.41) is 4.95. The minimum absolute atomic E-state index is 0.0666. The molecule has 2 saturated heterocycles. The number of alkyl carbamates (subject to hydrolysis) is 1. The summed E-state index contributed by atoms with van der Waals surface area (Å²) in [5.74, 6) is 1.53. The molecule has 11 nitrogen and oxygen atoms in total. The molecule has 4 heterocycles. The molecule has 2 fully saturated rings. The van der Waals surface area contributed by atoms with Gasteiger partial charge in [0.25, 0.3) is 0 Å². The third-order valence-electron chi connectivity index (χ3n) is 12.1. The molecule has 4 aromatic carbocycles. The second-order valence-electron chi connectivity index (χ2n) is 16.6. The van der Waals surface area contributed by atoms with Gasteiger partial charge in [-0.05, 0) is 82.7 Å². The van der Waals surface area contributed by atoms with E-state index in [0.717, 1.165) is 93.9 Å². The Kier molecular flexibility index (Phi) is 11.4. The highest BCUT2D eigenvalue weighted by molar-refractivity contribution is 5.91. The number of fused-ring (bicyclic) bond motifs is 1. The van der Waals surface area contributed by atoms with Gasteiger partial charge in [0.15, 0.2) is 0 Å². The van der Waals surface area contributed by atoms with E-state index in [0.29, 0.717) is 6.54 Å². The number of carbonyl (C=O) groups is 3. The molecule has 59 heavy (non-hydrogen) atoms. The fraction of sp³-hybridized carbons (Fsp3) is 0.354. The van der Waals surface area contributed by atoms with E-state index in [1.54, 1.807) is 0 Å². The van der Waals surface area contributed by atoms with Crippen LogP contribution >= 0.6 is 0 Å². The normalized spacial score (nSPS) is 17.8. The number of H-pyrrole nitrogens is 2. The number of likely N-dealkylation sites (tertiary alicyclic amines) is 2.